The van der Waals surface area contributed by atoms with Crippen molar-refractivity contribution >= 4 is 22.8 Å². The molecule has 2 aromatic rings. The highest BCUT2D eigenvalue weighted by molar-refractivity contribution is 6.01. The lowest BCUT2D eigenvalue weighted by Gasteiger charge is -2.37. The summed E-state index contributed by atoms with van der Waals surface area (Å²) in [5.41, 5.74) is 4.30. The van der Waals surface area contributed by atoms with Gasteiger partial charge in [0, 0.05) is 12.8 Å². The summed E-state index contributed by atoms with van der Waals surface area (Å²) in [7, 11) is 3.35. The van der Waals surface area contributed by atoms with E-state index >= 15 is 0 Å². The molecular formula is C22H28N4O6-2. The second-order valence-corrected chi connectivity index (χ2v) is 7.73. The maximum absolute atomic E-state index is 11.0. The van der Waals surface area contributed by atoms with Gasteiger partial charge >= 0.3 is 0 Å². The summed E-state index contributed by atoms with van der Waals surface area (Å²) in [6.45, 7) is 0. The van der Waals surface area contributed by atoms with Gasteiger partial charge in [0.05, 0.1) is 24.6 Å². The topological polar surface area (TPSA) is 136 Å². The molecule has 10 heteroatoms. The Hall–Kier alpha value is -2.89. The largest absolute Gasteiger partial charge is 0.769 e. The molecule has 3 rings (SSSR count). The molecule has 1 aliphatic rings. The summed E-state index contributed by atoms with van der Waals surface area (Å²) < 4.78 is 10.7. The normalized spacial score (nSPS) is 18.9. The van der Waals surface area contributed by atoms with Crippen molar-refractivity contribution in [1.82, 2.24) is 0 Å². The minimum absolute atomic E-state index is 0.163. The van der Waals surface area contributed by atoms with Gasteiger partial charge in [0.15, 0.2) is 0 Å². The van der Waals surface area contributed by atoms with E-state index in [-0.39, 0.29) is 22.3 Å². The summed E-state index contributed by atoms with van der Waals surface area (Å²) in [6.07, 6.45) is 5.07. The van der Waals surface area contributed by atoms with Gasteiger partial charge in [-0.05, 0) is 86.1 Å². The molecule has 0 amide bonds. The van der Waals surface area contributed by atoms with Crippen molar-refractivity contribution in [3.05, 3.63) is 58.4 Å². The van der Waals surface area contributed by atoms with Crippen LogP contribution in [0.2, 0.25) is 0 Å². The van der Waals surface area contributed by atoms with Crippen LogP contribution in [0.15, 0.2) is 47.6 Å². The lowest BCUT2D eigenvalue weighted by Crippen LogP contribution is -2.22. The molecule has 0 aliphatic heterocycles. The summed E-state index contributed by atoms with van der Waals surface area (Å²) in [5, 5.41) is 44.8. The number of nitrogens with zero attached hydrogens (tertiary/aromatic N) is 3. The first-order valence-electron chi connectivity index (χ1n) is 10.4. The van der Waals surface area contributed by atoms with E-state index in [1.54, 1.807) is 14.2 Å². The van der Waals surface area contributed by atoms with Crippen LogP contribution in [0.5, 0.6) is 5.75 Å². The molecule has 32 heavy (non-hydrogen) atoms. The van der Waals surface area contributed by atoms with E-state index in [0.29, 0.717) is 12.0 Å². The van der Waals surface area contributed by atoms with Crippen LogP contribution in [0.3, 0.4) is 0 Å². The first-order valence-corrected chi connectivity index (χ1v) is 10.4. The van der Waals surface area contributed by atoms with Gasteiger partial charge in [-0.3, -0.25) is 15.8 Å². The Kier molecular flexibility index (Phi) is 8.26. The van der Waals surface area contributed by atoms with Crippen molar-refractivity contribution in [2.45, 2.75) is 38.2 Å². The molecule has 0 atom stereocenters. The van der Waals surface area contributed by atoms with Crippen LogP contribution >= 0.6 is 0 Å². The van der Waals surface area contributed by atoms with Crippen LogP contribution < -0.4 is 20.6 Å². The third-order valence-corrected chi connectivity index (χ3v) is 5.75. The van der Waals surface area contributed by atoms with Crippen molar-refractivity contribution < 1.29 is 19.9 Å². The predicted octanol–water partition coefficient (Wildman–Crippen LogP) is 4.49. The molecule has 0 heterocycles. The van der Waals surface area contributed by atoms with E-state index in [0.717, 1.165) is 55.2 Å². The quantitative estimate of drug-likeness (QED) is 0.377. The van der Waals surface area contributed by atoms with Gasteiger partial charge in [0.2, 0.25) is 0 Å². The summed E-state index contributed by atoms with van der Waals surface area (Å²) >= 11 is 0. The molecule has 1 saturated carbocycles. The molecule has 3 N–H and O–H groups in total. The molecule has 0 spiro atoms. The number of methoxy groups -OCH3 is 2. The molecule has 2 aromatic carbocycles. The zero-order valence-corrected chi connectivity index (χ0v) is 18.1. The molecule has 0 bridgehead atoms. The van der Waals surface area contributed by atoms with E-state index < -0.39 is 5.23 Å². The fourth-order valence-electron chi connectivity index (χ4n) is 3.88. The Morgan fingerprint density at radius 3 is 2.31 bits per heavy atom. The van der Waals surface area contributed by atoms with Crippen LogP contribution in [0.25, 0.3) is 0 Å². The second-order valence-electron chi connectivity index (χ2n) is 7.73. The third-order valence-electron chi connectivity index (χ3n) is 5.75. The monoisotopic (exact) mass is 444 g/mol. The Morgan fingerprint density at radius 1 is 1.06 bits per heavy atom. The Balaban J connectivity index is 1.85. The minimum atomic E-state index is -0.612. The van der Waals surface area contributed by atoms with Gasteiger partial charge in [-0.2, -0.15) is 5.10 Å². The van der Waals surface area contributed by atoms with Crippen molar-refractivity contribution in [2.24, 2.45) is 11.0 Å². The smallest absolute Gasteiger partial charge is 0.121 e. The predicted molar refractivity (Wildman–Crippen MR) is 122 cm³/mol. The minimum Gasteiger partial charge on any atom is -0.769 e. The summed E-state index contributed by atoms with van der Waals surface area (Å²) in [6, 6.07) is 11.2. The highest BCUT2D eigenvalue weighted by atomic mass is 16.8. The second kappa shape index (κ2) is 11.1. The van der Waals surface area contributed by atoms with Crippen LogP contribution in [-0.4, -0.2) is 36.4 Å². The molecule has 10 nitrogen and oxygen atoms in total. The fraction of sp³-hybridized carbons (Fsp3) is 0.409. The number of hydrogen-bond acceptors (Lipinski definition) is 10. The first kappa shape index (κ1) is 23.8. The molecule has 1 aliphatic carbocycles. The molecule has 174 valence electrons. The Labute approximate surface area is 186 Å². The molecule has 0 aromatic heterocycles. The number of hydrazone groups is 1. The van der Waals surface area contributed by atoms with Crippen LogP contribution in [-0.2, 0) is 4.74 Å². The number of ether oxygens (including phenoxy) is 2. The highest BCUT2D eigenvalue weighted by Crippen LogP contribution is 2.32. The Bertz CT molecular complexity index is 896. The maximum atomic E-state index is 11.0. The zero-order chi connectivity index (χ0) is 23.1. The van der Waals surface area contributed by atoms with E-state index in [9.17, 15) is 20.8 Å². The van der Waals surface area contributed by atoms with Crippen molar-refractivity contribution in [3.63, 3.8) is 0 Å². The molecular weight excluding hydrogens is 416 g/mol. The van der Waals surface area contributed by atoms with Gasteiger partial charge in [0.1, 0.15) is 11.4 Å². The van der Waals surface area contributed by atoms with E-state index in [4.69, 9.17) is 9.47 Å². The average Bonchev–Trinajstić information content (AvgIpc) is 2.82. The molecule has 1 fully saturated rings. The molecule has 0 radical (unpaired) electrons. The van der Waals surface area contributed by atoms with E-state index in [2.05, 4.69) is 10.5 Å². The number of nitrogens with one attached hydrogen (secondary N) is 1. The highest BCUT2D eigenvalue weighted by Gasteiger charge is 2.23. The molecule has 0 saturated heterocycles. The summed E-state index contributed by atoms with van der Waals surface area (Å²) in [5.74, 6) is 1.17. The van der Waals surface area contributed by atoms with Gasteiger partial charge in [-0.25, -0.2) is 0 Å². The number of anilines is 3. The summed E-state index contributed by atoms with van der Waals surface area (Å²) in [4.78, 5) is 0. The Morgan fingerprint density at radius 2 is 1.75 bits per heavy atom. The van der Waals surface area contributed by atoms with Gasteiger partial charge < -0.3 is 25.1 Å². The lowest BCUT2D eigenvalue weighted by molar-refractivity contribution is 0.0295. The average molecular weight is 444 g/mol. The number of benzene rings is 2. The number of hydrogen-bond donors (Lipinski definition) is 3. The standard InChI is InChI=1S/C22H28N4O6/c1-31-18-8-3-15(4-9-18)13-21(16-5-10-19(32-2)11-6-16)24-23-20-12-7-17(25(27)28)14-22(20)26(29)30/h5-7,10-12,14-15,18,23,29-30H,3-4,8-9,13H2,1-2H3/q-2. The fourth-order valence-corrected chi connectivity index (χ4v) is 3.88. The van der Waals surface area contributed by atoms with Gasteiger partial charge in [0.25, 0.3) is 0 Å². The third kappa shape index (κ3) is 6.09. The first-order chi connectivity index (χ1) is 15.4. The van der Waals surface area contributed by atoms with Gasteiger partial charge in [-0.1, -0.05) is 0 Å². The SMILES string of the molecule is COc1ccc(C(CC2CCC(OC)CC2)=NNc2ccc(N([O-])[O-])cc2N(O)O)cc1. The zero-order valence-electron chi connectivity index (χ0n) is 18.1. The molecule has 0 unspecified atom stereocenters. The van der Waals surface area contributed by atoms with Crippen molar-refractivity contribution in [3.8, 4) is 5.75 Å². The van der Waals surface area contributed by atoms with Crippen molar-refractivity contribution in [1.29, 1.82) is 0 Å². The lowest BCUT2D eigenvalue weighted by atomic mass is 9.83. The maximum Gasteiger partial charge on any atom is 0.121 e. The number of rotatable bonds is 9. The van der Waals surface area contributed by atoms with Gasteiger partial charge in [-0.15, -0.1) is 5.23 Å². The van der Waals surface area contributed by atoms with E-state index in [1.165, 1.54) is 12.1 Å². The van der Waals surface area contributed by atoms with Crippen LogP contribution in [0.4, 0.5) is 17.1 Å². The van der Waals surface area contributed by atoms with E-state index in [1.807, 2.05) is 24.3 Å². The van der Waals surface area contributed by atoms with Crippen molar-refractivity contribution in [2.75, 3.05) is 30.1 Å². The van der Waals surface area contributed by atoms with Crippen LogP contribution in [0, 0.1) is 16.3 Å². The van der Waals surface area contributed by atoms with Crippen LogP contribution in [0.1, 0.15) is 37.7 Å².